The maximum Gasteiger partial charge on any atom is 0.410 e. The molecule has 0 bridgehead atoms. The molecular weight excluding hydrogens is 370 g/mol. The SMILES string of the molecule is CCNC(=NCc1ccon1)N1CCC(N(CC2CC2)C(=O)OC(C)(C)C)CC1. The van der Waals surface area contributed by atoms with Crippen LogP contribution in [0, 0.1) is 5.92 Å². The van der Waals surface area contributed by atoms with Gasteiger partial charge in [-0.3, -0.25) is 0 Å². The van der Waals surface area contributed by atoms with Gasteiger partial charge >= 0.3 is 6.09 Å². The Morgan fingerprint density at radius 3 is 2.62 bits per heavy atom. The van der Waals surface area contributed by atoms with E-state index in [1.165, 1.54) is 12.8 Å². The van der Waals surface area contributed by atoms with E-state index in [1.54, 1.807) is 6.26 Å². The smallest absolute Gasteiger partial charge is 0.410 e. The van der Waals surface area contributed by atoms with Gasteiger partial charge in [-0.1, -0.05) is 5.16 Å². The fourth-order valence-electron chi connectivity index (χ4n) is 3.56. The molecule has 2 heterocycles. The van der Waals surface area contributed by atoms with Gasteiger partial charge in [0.2, 0.25) is 0 Å². The minimum absolute atomic E-state index is 0.172. The second kappa shape index (κ2) is 9.50. The van der Waals surface area contributed by atoms with Crippen LogP contribution in [0.25, 0.3) is 0 Å². The van der Waals surface area contributed by atoms with Crippen LogP contribution in [-0.4, -0.2) is 64.8 Å². The van der Waals surface area contributed by atoms with Gasteiger partial charge in [0, 0.05) is 38.3 Å². The minimum atomic E-state index is -0.467. The zero-order valence-electron chi connectivity index (χ0n) is 18.2. The average Bonchev–Trinajstić information content (AvgIpc) is 3.34. The number of piperidine rings is 1. The van der Waals surface area contributed by atoms with Crippen molar-refractivity contribution < 1.29 is 14.1 Å². The van der Waals surface area contributed by atoms with Gasteiger partial charge in [0.05, 0.1) is 6.54 Å². The van der Waals surface area contributed by atoms with Crippen LogP contribution >= 0.6 is 0 Å². The molecular formula is C21H35N5O3. The number of guanidine groups is 1. The quantitative estimate of drug-likeness (QED) is 0.578. The second-order valence-corrected chi connectivity index (χ2v) is 8.96. The number of carbonyl (C=O) groups excluding carboxylic acids is 1. The number of aliphatic imine (C=N–C) groups is 1. The molecule has 1 aromatic heterocycles. The number of ether oxygens (including phenoxy) is 1. The normalized spacial score (nSPS) is 18.6. The molecule has 0 unspecified atom stereocenters. The monoisotopic (exact) mass is 405 g/mol. The lowest BCUT2D eigenvalue weighted by molar-refractivity contribution is 0.00928. The molecule has 8 nitrogen and oxygen atoms in total. The Labute approximate surface area is 173 Å². The summed E-state index contributed by atoms with van der Waals surface area (Å²) in [5.74, 6) is 1.53. The fourth-order valence-corrected chi connectivity index (χ4v) is 3.56. The summed E-state index contributed by atoms with van der Waals surface area (Å²) < 4.78 is 10.6. The molecule has 2 fully saturated rings. The van der Waals surface area contributed by atoms with Crippen molar-refractivity contribution in [3.8, 4) is 0 Å². The van der Waals surface area contributed by atoms with Crippen molar-refractivity contribution in [3.05, 3.63) is 18.0 Å². The Balaban J connectivity index is 1.59. The Bertz CT molecular complexity index is 671. The highest BCUT2D eigenvalue weighted by atomic mass is 16.6. The summed E-state index contributed by atoms with van der Waals surface area (Å²) in [6.07, 6.45) is 5.67. The number of nitrogens with zero attached hydrogens (tertiary/aromatic N) is 4. The maximum absolute atomic E-state index is 12.8. The van der Waals surface area contributed by atoms with E-state index in [0.717, 1.165) is 50.7 Å². The van der Waals surface area contributed by atoms with Crippen molar-refractivity contribution in [2.24, 2.45) is 10.9 Å². The first-order valence-electron chi connectivity index (χ1n) is 10.8. The standard InChI is InChI=1S/C21H35N5O3/c1-5-22-19(23-14-17-10-13-28-24-17)25-11-8-18(9-12-25)26(15-16-6-7-16)20(27)29-21(2,3)4/h10,13,16,18H,5-9,11-12,14-15H2,1-4H3,(H,22,23). The van der Waals surface area contributed by atoms with E-state index >= 15 is 0 Å². The number of hydrogen-bond acceptors (Lipinski definition) is 5. The van der Waals surface area contributed by atoms with Crippen LogP contribution in [-0.2, 0) is 11.3 Å². The summed E-state index contributed by atoms with van der Waals surface area (Å²) in [5, 5.41) is 7.29. The van der Waals surface area contributed by atoms with Crippen LogP contribution in [0.3, 0.4) is 0 Å². The van der Waals surface area contributed by atoms with Crippen molar-refractivity contribution in [1.82, 2.24) is 20.3 Å². The van der Waals surface area contributed by atoms with Gasteiger partial charge in [0.1, 0.15) is 17.6 Å². The highest BCUT2D eigenvalue weighted by Crippen LogP contribution is 2.32. The number of hydrogen-bond donors (Lipinski definition) is 1. The van der Waals surface area contributed by atoms with Crippen molar-refractivity contribution in [2.45, 2.75) is 71.6 Å². The number of amides is 1. The molecule has 0 radical (unpaired) electrons. The summed E-state index contributed by atoms with van der Waals surface area (Å²) in [6.45, 7) is 11.7. The van der Waals surface area contributed by atoms with Crippen molar-refractivity contribution in [3.63, 3.8) is 0 Å². The predicted molar refractivity (Wildman–Crippen MR) is 112 cm³/mol. The molecule has 0 spiro atoms. The number of rotatable bonds is 6. The zero-order valence-corrected chi connectivity index (χ0v) is 18.2. The molecule has 3 rings (SSSR count). The second-order valence-electron chi connectivity index (χ2n) is 8.96. The lowest BCUT2D eigenvalue weighted by Gasteiger charge is -2.40. The number of likely N-dealkylation sites (tertiary alicyclic amines) is 1. The molecule has 1 aromatic rings. The van der Waals surface area contributed by atoms with Gasteiger partial charge in [0.15, 0.2) is 5.96 Å². The first-order valence-corrected chi connectivity index (χ1v) is 10.8. The van der Waals surface area contributed by atoms with Crippen LogP contribution in [0.15, 0.2) is 21.8 Å². The third-order valence-electron chi connectivity index (χ3n) is 5.20. The summed E-state index contributed by atoms with van der Waals surface area (Å²) in [7, 11) is 0. The van der Waals surface area contributed by atoms with E-state index in [0.29, 0.717) is 12.5 Å². The molecule has 29 heavy (non-hydrogen) atoms. The van der Waals surface area contributed by atoms with E-state index < -0.39 is 5.60 Å². The zero-order chi connectivity index (χ0) is 20.9. The average molecular weight is 406 g/mol. The Kier molecular flexibility index (Phi) is 7.03. The highest BCUT2D eigenvalue weighted by Gasteiger charge is 2.35. The lowest BCUT2D eigenvalue weighted by Crippen LogP contribution is -2.52. The molecule has 0 atom stereocenters. The van der Waals surface area contributed by atoms with E-state index in [-0.39, 0.29) is 12.1 Å². The summed E-state index contributed by atoms with van der Waals surface area (Å²) in [5.41, 5.74) is 0.349. The van der Waals surface area contributed by atoms with Gasteiger partial charge in [-0.25, -0.2) is 9.79 Å². The third kappa shape index (κ3) is 6.65. The van der Waals surface area contributed by atoms with E-state index in [2.05, 4.69) is 22.3 Å². The van der Waals surface area contributed by atoms with Crippen LogP contribution in [0.2, 0.25) is 0 Å². The number of nitrogens with one attached hydrogen (secondary N) is 1. The molecule has 1 aliphatic carbocycles. The molecule has 1 saturated heterocycles. The molecule has 1 amide bonds. The van der Waals surface area contributed by atoms with Crippen molar-refractivity contribution >= 4 is 12.1 Å². The van der Waals surface area contributed by atoms with Gasteiger partial charge < -0.3 is 24.4 Å². The molecule has 0 aromatic carbocycles. The van der Waals surface area contributed by atoms with Crippen LogP contribution in [0.4, 0.5) is 4.79 Å². The van der Waals surface area contributed by atoms with Crippen LogP contribution in [0.1, 0.15) is 59.1 Å². The minimum Gasteiger partial charge on any atom is -0.444 e. The predicted octanol–water partition coefficient (Wildman–Crippen LogP) is 3.25. The van der Waals surface area contributed by atoms with E-state index in [4.69, 9.17) is 14.3 Å². The van der Waals surface area contributed by atoms with Gasteiger partial charge in [-0.2, -0.15) is 0 Å². The van der Waals surface area contributed by atoms with Gasteiger partial charge in [0.25, 0.3) is 0 Å². The Morgan fingerprint density at radius 2 is 2.07 bits per heavy atom. The van der Waals surface area contributed by atoms with Crippen molar-refractivity contribution in [1.29, 1.82) is 0 Å². The highest BCUT2D eigenvalue weighted by molar-refractivity contribution is 5.80. The van der Waals surface area contributed by atoms with Crippen LogP contribution in [0.5, 0.6) is 0 Å². The van der Waals surface area contributed by atoms with Crippen molar-refractivity contribution in [2.75, 3.05) is 26.2 Å². The maximum atomic E-state index is 12.8. The summed E-state index contributed by atoms with van der Waals surface area (Å²) in [6, 6.07) is 2.05. The first kappa shape index (κ1) is 21.5. The molecule has 2 aliphatic rings. The topological polar surface area (TPSA) is 83.2 Å². The fraction of sp³-hybridized carbons (Fsp3) is 0.762. The Hall–Kier alpha value is -2.25. The Morgan fingerprint density at radius 1 is 1.34 bits per heavy atom. The van der Waals surface area contributed by atoms with Crippen LogP contribution < -0.4 is 5.32 Å². The first-order chi connectivity index (χ1) is 13.9. The number of aromatic nitrogens is 1. The van der Waals surface area contributed by atoms with E-state index in [1.807, 2.05) is 31.7 Å². The molecule has 1 N–H and O–H groups in total. The summed E-state index contributed by atoms with van der Waals surface area (Å²) >= 11 is 0. The molecule has 1 saturated carbocycles. The van der Waals surface area contributed by atoms with E-state index in [9.17, 15) is 4.79 Å². The lowest BCUT2D eigenvalue weighted by atomic mass is 10.0. The molecule has 8 heteroatoms. The number of carbonyl (C=O) groups is 1. The third-order valence-corrected chi connectivity index (χ3v) is 5.20. The van der Waals surface area contributed by atoms with Gasteiger partial charge in [-0.05, 0) is 59.3 Å². The largest absolute Gasteiger partial charge is 0.444 e. The molecule has 1 aliphatic heterocycles. The van der Waals surface area contributed by atoms with Gasteiger partial charge in [-0.15, -0.1) is 0 Å². The summed E-state index contributed by atoms with van der Waals surface area (Å²) in [4.78, 5) is 21.8. The molecule has 162 valence electrons.